The van der Waals surface area contributed by atoms with E-state index in [4.69, 9.17) is 4.74 Å². The van der Waals surface area contributed by atoms with Crippen molar-refractivity contribution in [3.63, 3.8) is 0 Å². The first-order valence-corrected chi connectivity index (χ1v) is 9.55. The van der Waals surface area contributed by atoms with Crippen LogP contribution in [0.4, 0.5) is 0 Å². The number of aryl methyl sites for hydroxylation is 2. The molecule has 2 rings (SSSR count). The van der Waals surface area contributed by atoms with Gasteiger partial charge in [0.15, 0.2) is 0 Å². The summed E-state index contributed by atoms with van der Waals surface area (Å²) >= 11 is 0. The number of ether oxygens (including phenoxy) is 1. The van der Waals surface area contributed by atoms with Gasteiger partial charge >= 0.3 is 0 Å². The Bertz CT molecular complexity index is 877. The van der Waals surface area contributed by atoms with Crippen molar-refractivity contribution in [1.29, 1.82) is 0 Å². The van der Waals surface area contributed by atoms with Crippen molar-refractivity contribution < 1.29 is 17.9 Å². The van der Waals surface area contributed by atoms with Gasteiger partial charge < -0.3 is 9.64 Å². The minimum atomic E-state index is -3.70. The van der Waals surface area contributed by atoms with Gasteiger partial charge in [-0.1, -0.05) is 6.07 Å². The number of hydrogen-bond donors (Lipinski definition) is 1. The lowest BCUT2D eigenvalue weighted by Gasteiger charge is -2.18. The lowest BCUT2D eigenvalue weighted by molar-refractivity contribution is 0.0784. The number of carbonyl (C=O) groups is 1. The first kappa shape index (κ1) is 20.1. The maximum atomic E-state index is 12.8. The van der Waals surface area contributed by atoms with Crippen molar-refractivity contribution >= 4 is 15.9 Å². The standard InChI is InChI=1S/C17H24N4O4S/c1-13-5-6-15(26(23,24)19-7-8-25-4)9-16(13)17(22)20(2)11-14-10-18-21(3)12-14/h5-6,9-10,12,19H,7-8,11H2,1-4H3. The second kappa shape index (κ2) is 8.43. The molecular weight excluding hydrogens is 356 g/mol. The molecule has 0 bridgehead atoms. The Morgan fingerprint density at radius 3 is 2.73 bits per heavy atom. The van der Waals surface area contributed by atoms with Crippen LogP contribution >= 0.6 is 0 Å². The van der Waals surface area contributed by atoms with Crippen LogP contribution in [0, 0.1) is 6.92 Å². The zero-order chi connectivity index (χ0) is 19.3. The number of rotatable bonds is 8. The molecule has 1 amide bonds. The van der Waals surface area contributed by atoms with Crippen molar-refractivity contribution in [2.24, 2.45) is 7.05 Å². The van der Waals surface area contributed by atoms with E-state index in [0.29, 0.717) is 17.7 Å². The maximum Gasteiger partial charge on any atom is 0.254 e. The van der Waals surface area contributed by atoms with Crippen LogP contribution < -0.4 is 4.72 Å². The summed E-state index contributed by atoms with van der Waals surface area (Å²) < 4.78 is 33.7. The lowest BCUT2D eigenvalue weighted by atomic mass is 10.1. The molecule has 0 aliphatic heterocycles. The van der Waals surface area contributed by atoms with E-state index < -0.39 is 10.0 Å². The molecule has 1 aromatic heterocycles. The maximum absolute atomic E-state index is 12.8. The van der Waals surface area contributed by atoms with Crippen LogP contribution in [-0.2, 0) is 28.4 Å². The number of aromatic nitrogens is 2. The van der Waals surface area contributed by atoms with Crippen LogP contribution in [0.2, 0.25) is 0 Å². The monoisotopic (exact) mass is 380 g/mol. The highest BCUT2D eigenvalue weighted by atomic mass is 32.2. The number of benzene rings is 1. The van der Waals surface area contributed by atoms with Gasteiger partial charge in [-0.15, -0.1) is 0 Å². The molecule has 2 aromatic rings. The van der Waals surface area contributed by atoms with Gasteiger partial charge in [-0.05, 0) is 24.6 Å². The fraction of sp³-hybridized carbons (Fsp3) is 0.412. The predicted molar refractivity (Wildman–Crippen MR) is 97.2 cm³/mol. The number of carbonyl (C=O) groups excluding carboxylic acids is 1. The number of hydrogen-bond acceptors (Lipinski definition) is 5. The van der Waals surface area contributed by atoms with Crippen LogP contribution in [0.25, 0.3) is 0 Å². The van der Waals surface area contributed by atoms with Crippen molar-refractivity contribution in [2.75, 3.05) is 27.3 Å². The van der Waals surface area contributed by atoms with Gasteiger partial charge in [-0.3, -0.25) is 9.48 Å². The molecule has 1 aromatic carbocycles. The molecule has 0 saturated heterocycles. The van der Waals surface area contributed by atoms with Crippen LogP contribution in [0.15, 0.2) is 35.5 Å². The lowest BCUT2D eigenvalue weighted by Crippen LogP contribution is -2.29. The van der Waals surface area contributed by atoms with Gasteiger partial charge in [0.2, 0.25) is 10.0 Å². The van der Waals surface area contributed by atoms with Crippen molar-refractivity contribution in [3.05, 3.63) is 47.3 Å². The van der Waals surface area contributed by atoms with Gasteiger partial charge in [-0.2, -0.15) is 5.10 Å². The van der Waals surface area contributed by atoms with E-state index in [1.54, 1.807) is 38.0 Å². The first-order chi connectivity index (χ1) is 12.2. The Labute approximate surface area is 153 Å². The second-order valence-corrected chi connectivity index (χ2v) is 7.82. The average molecular weight is 380 g/mol. The van der Waals surface area contributed by atoms with E-state index in [2.05, 4.69) is 9.82 Å². The van der Waals surface area contributed by atoms with Crippen LogP contribution in [0.3, 0.4) is 0 Å². The minimum Gasteiger partial charge on any atom is -0.383 e. The summed E-state index contributed by atoms with van der Waals surface area (Å²) in [7, 11) is 1.27. The van der Waals surface area contributed by atoms with Gasteiger partial charge in [0.05, 0.1) is 17.7 Å². The summed E-state index contributed by atoms with van der Waals surface area (Å²) in [5, 5.41) is 4.08. The highest BCUT2D eigenvalue weighted by Gasteiger charge is 2.20. The quantitative estimate of drug-likeness (QED) is 0.688. The molecule has 1 N–H and O–H groups in total. The third-order valence-electron chi connectivity index (χ3n) is 3.87. The second-order valence-electron chi connectivity index (χ2n) is 6.05. The predicted octanol–water partition coefficient (Wildman–Crippen LogP) is 0.925. The molecular formula is C17H24N4O4S. The van der Waals surface area contributed by atoms with E-state index in [1.165, 1.54) is 24.1 Å². The van der Waals surface area contributed by atoms with Gasteiger partial charge in [0.1, 0.15) is 0 Å². The topological polar surface area (TPSA) is 93.5 Å². The molecule has 0 atom stereocenters. The number of sulfonamides is 1. The number of amides is 1. The molecule has 142 valence electrons. The van der Waals surface area contributed by atoms with E-state index in [-0.39, 0.29) is 24.0 Å². The molecule has 0 aliphatic rings. The van der Waals surface area contributed by atoms with E-state index in [0.717, 1.165) is 5.56 Å². The molecule has 0 saturated carbocycles. The fourth-order valence-corrected chi connectivity index (χ4v) is 3.50. The summed E-state index contributed by atoms with van der Waals surface area (Å²) in [5.74, 6) is -0.250. The largest absolute Gasteiger partial charge is 0.383 e. The van der Waals surface area contributed by atoms with Crippen LogP contribution in [0.5, 0.6) is 0 Å². The molecule has 0 radical (unpaired) electrons. The summed E-state index contributed by atoms with van der Waals surface area (Å²) in [6.45, 7) is 2.59. The van der Waals surface area contributed by atoms with E-state index >= 15 is 0 Å². The molecule has 0 fully saturated rings. The zero-order valence-electron chi connectivity index (χ0n) is 15.4. The molecule has 0 aliphatic carbocycles. The number of nitrogens with one attached hydrogen (secondary N) is 1. The Morgan fingerprint density at radius 1 is 1.38 bits per heavy atom. The van der Waals surface area contributed by atoms with E-state index in [1.807, 2.05) is 6.20 Å². The third kappa shape index (κ3) is 4.90. The summed E-state index contributed by atoms with van der Waals surface area (Å²) in [4.78, 5) is 14.4. The first-order valence-electron chi connectivity index (χ1n) is 8.07. The van der Waals surface area contributed by atoms with Gasteiger partial charge in [-0.25, -0.2) is 13.1 Å². The highest BCUT2D eigenvalue weighted by molar-refractivity contribution is 7.89. The van der Waals surface area contributed by atoms with Crippen molar-refractivity contribution in [1.82, 2.24) is 19.4 Å². The summed E-state index contributed by atoms with van der Waals surface area (Å²) in [5.41, 5.74) is 1.96. The highest BCUT2D eigenvalue weighted by Crippen LogP contribution is 2.18. The molecule has 1 heterocycles. The van der Waals surface area contributed by atoms with E-state index in [9.17, 15) is 13.2 Å². The SMILES string of the molecule is COCCNS(=O)(=O)c1ccc(C)c(C(=O)N(C)Cc2cnn(C)c2)c1. The van der Waals surface area contributed by atoms with Gasteiger partial charge in [0, 0.05) is 51.6 Å². The Balaban J connectivity index is 2.21. The van der Waals surface area contributed by atoms with Gasteiger partial charge in [0.25, 0.3) is 5.91 Å². The molecule has 0 unspecified atom stereocenters. The third-order valence-corrected chi connectivity index (χ3v) is 5.33. The minimum absolute atomic E-state index is 0.0531. The molecule has 8 nitrogen and oxygen atoms in total. The Kier molecular flexibility index (Phi) is 6.52. The average Bonchev–Trinajstić information content (AvgIpc) is 2.99. The van der Waals surface area contributed by atoms with Crippen LogP contribution in [0.1, 0.15) is 21.5 Å². The number of methoxy groups -OCH3 is 1. The normalized spacial score (nSPS) is 11.5. The molecule has 0 spiro atoms. The van der Waals surface area contributed by atoms with Crippen LogP contribution in [-0.4, -0.2) is 56.3 Å². The number of nitrogens with zero attached hydrogens (tertiary/aromatic N) is 3. The smallest absolute Gasteiger partial charge is 0.254 e. The Morgan fingerprint density at radius 2 is 2.12 bits per heavy atom. The Hall–Kier alpha value is -2.23. The summed E-state index contributed by atoms with van der Waals surface area (Å²) in [6, 6.07) is 4.53. The fourth-order valence-electron chi connectivity index (χ4n) is 2.46. The molecule has 9 heteroatoms. The zero-order valence-corrected chi connectivity index (χ0v) is 16.2. The van der Waals surface area contributed by atoms with Crippen molar-refractivity contribution in [3.8, 4) is 0 Å². The van der Waals surface area contributed by atoms with Crippen molar-refractivity contribution in [2.45, 2.75) is 18.4 Å². The summed E-state index contributed by atoms with van der Waals surface area (Å²) in [6.07, 6.45) is 3.52. The molecule has 26 heavy (non-hydrogen) atoms.